The van der Waals surface area contributed by atoms with Crippen molar-refractivity contribution in [2.45, 2.75) is 18.9 Å². The molecule has 1 fully saturated rings. The lowest BCUT2D eigenvalue weighted by molar-refractivity contribution is -0.384. The van der Waals surface area contributed by atoms with Crippen LogP contribution in [0.15, 0.2) is 41.2 Å². The molecule has 2 heterocycles. The highest BCUT2D eigenvalue weighted by Crippen LogP contribution is 2.21. The predicted molar refractivity (Wildman–Crippen MR) is 94.9 cm³/mol. The van der Waals surface area contributed by atoms with Crippen LogP contribution in [-0.2, 0) is 11.8 Å². The van der Waals surface area contributed by atoms with Crippen LogP contribution in [0.5, 0.6) is 5.75 Å². The lowest BCUT2D eigenvalue weighted by Crippen LogP contribution is -2.39. The molecule has 142 valence electrons. The molecule has 0 saturated carbocycles. The number of nitro groups is 1. The highest BCUT2D eigenvalue weighted by Gasteiger charge is 2.24. The number of rotatable bonds is 4. The molecule has 1 aliphatic heterocycles. The molecule has 1 aromatic heterocycles. The summed E-state index contributed by atoms with van der Waals surface area (Å²) < 4.78 is 11.6. The smallest absolute Gasteiger partial charge is 0.431 e. The molecule has 0 aliphatic carbocycles. The summed E-state index contributed by atoms with van der Waals surface area (Å²) in [4.78, 5) is 35.4. The minimum atomic E-state index is -0.845. The Labute approximate surface area is 154 Å². The van der Waals surface area contributed by atoms with Crippen LogP contribution in [0.3, 0.4) is 0 Å². The van der Waals surface area contributed by atoms with E-state index in [2.05, 4.69) is 5.10 Å². The van der Waals surface area contributed by atoms with Crippen LogP contribution in [0.4, 0.5) is 16.3 Å². The lowest BCUT2D eigenvalue weighted by Gasteiger charge is -2.32. The number of aryl methyl sites for hydroxylation is 1. The third-order valence-electron chi connectivity index (χ3n) is 4.22. The number of aromatic nitrogens is 2. The number of nitrogens with zero attached hydrogens (tertiary/aromatic N) is 4. The molecule has 1 aromatic carbocycles. The number of anilines is 1. The third kappa shape index (κ3) is 4.60. The standard InChI is InChI=1S/C17H18N4O6/c1-19-16(22)7-6-15(18-19)20-10-8-14(9-11-20)27-17(23)26-13-4-2-12(3-5-13)21(24)25/h2-7,14H,8-11H2,1H3. The van der Waals surface area contributed by atoms with Crippen LogP contribution in [0.25, 0.3) is 0 Å². The van der Waals surface area contributed by atoms with Crippen molar-refractivity contribution in [3.63, 3.8) is 0 Å². The quantitative estimate of drug-likeness (QED) is 0.345. The van der Waals surface area contributed by atoms with E-state index >= 15 is 0 Å². The number of carbonyl (C=O) groups excluding carboxylic acids is 1. The Morgan fingerprint density at radius 1 is 1.19 bits per heavy atom. The molecule has 10 nitrogen and oxygen atoms in total. The number of piperidine rings is 1. The first-order valence-corrected chi connectivity index (χ1v) is 8.34. The number of hydrogen-bond acceptors (Lipinski definition) is 8. The van der Waals surface area contributed by atoms with E-state index in [0.717, 1.165) is 0 Å². The molecule has 2 aromatic rings. The van der Waals surface area contributed by atoms with Crippen molar-refractivity contribution in [3.05, 3.63) is 56.9 Å². The van der Waals surface area contributed by atoms with Crippen molar-refractivity contribution in [3.8, 4) is 5.75 Å². The molecular weight excluding hydrogens is 356 g/mol. The van der Waals surface area contributed by atoms with Gasteiger partial charge >= 0.3 is 6.16 Å². The van der Waals surface area contributed by atoms with Gasteiger partial charge in [0.05, 0.1) is 4.92 Å². The third-order valence-corrected chi connectivity index (χ3v) is 4.22. The Kier molecular flexibility index (Phi) is 5.34. The highest BCUT2D eigenvalue weighted by molar-refractivity contribution is 5.64. The van der Waals surface area contributed by atoms with Crippen LogP contribution in [0.1, 0.15) is 12.8 Å². The molecule has 3 rings (SSSR count). The Bertz CT molecular complexity index is 887. The second-order valence-corrected chi connectivity index (χ2v) is 6.06. The van der Waals surface area contributed by atoms with E-state index in [1.807, 2.05) is 4.90 Å². The second kappa shape index (κ2) is 7.85. The number of benzene rings is 1. The van der Waals surface area contributed by atoms with Crippen molar-refractivity contribution in [1.82, 2.24) is 9.78 Å². The van der Waals surface area contributed by atoms with Crippen LogP contribution < -0.4 is 15.2 Å². The lowest BCUT2D eigenvalue weighted by atomic mass is 10.1. The maximum atomic E-state index is 11.9. The highest BCUT2D eigenvalue weighted by atomic mass is 16.7. The number of hydrogen-bond donors (Lipinski definition) is 0. The summed E-state index contributed by atoms with van der Waals surface area (Å²) in [6.45, 7) is 1.25. The van der Waals surface area contributed by atoms with Crippen LogP contribution in [-0.4, -0.2) is 40.1 Å². The minimum absolute atomic E-state index is 0.0879. The van der Waals surface area contributed by atoms with Gasteiger partial charge in [-0.3, -0.25) is 14.9 Å². The van der Waals surface area contributed by atoms with E-state index in [1.54, 1.807) is 13.1 Å². The summed E-state index contributed by atoms with van der Waals surface area (Å²) in [5, 5.41) is 14.8. The Balaban J connectivity index is 1.49. The molecule has 0 spiro atoms. The van der Waals surface area contributed by atoms with Gasteiger partial charge < -0.3 is 14.4 Å². The van der Waals surface area contributed by atoms with Gasteiger partial charge in [-0.2, -0.15) is 5.10 Å². The summed E-state index contributed by atoms with van der Waals surface area (Å²) in [5.41, 5.74) is -0.263. The normalized spacial score (nSPS) is 14.6. The van der Waals surface area contributed by atoms with Crippen molar-refractivity contribution in [2.75, 3.05) is 18.0 Å². The average molecular weight is 374 g/mol. The number of non-ortho nitro benzene ring substituents is 1. The van der Waals surface area contributed by atoms with E-state index in [0.29, 0.717) is 31.7 Å². The van der Waals surface area contributed by atoms with Gasteiger partial charge in [-0.25, -0.2) is 9.48 Å². The Morgan fingerprint density at radius 2 is 1.85 bits per heavy atom. The average Bonchev–Trinajstić information content (AvgIpc) is 2.65. The fourth-order valence-electron chi connectivity index (χ4n) is 2.75. The van der Waals surface area contributed by atoms with Gasteiger partial charge in [-0.15, -0.1) is 0 Å². The van der Waals surface area contributed by atoms with E-state index in [1.165, 1.54) is 35.0 Å². The number of nitro benzene ring substituents is 1. The largest absolute Gasteiger partial charge is 0.514 e. The van der Waals surface area contributed by atoms with Gasteiger partial charge in [0, 0.05) is 51.2 Å². The van der Waals surface area contributed by atoms with Gasteiger partial charge in [0.25, 0.3) is 11.2 Å². The van der Waals surface area contributed by atoms with Gasteiger partial charge in [-0.1, -0.05) is 0 Å². The van der Waals surface area contributed by atoms with Crippen molar-refractivity contribution < 1.29 is 19.2 Å². The second-order valence-electron chi connectivity index (χ2n) is 6.06. The van der Waals surface area contributed by atoms with E-state index in [9.17, 15) is 19.7 Å². The van der Waals surface area contributed by atoms with Crippen LogP contribution in [0.2, 0.25) is 0 Å². The predicted octanol–water partition coefficient (Wildman–Crippen LogP) is 1.87. The first-order chi connectivity index (χ1) is 12.9. The van der Waals surface area contributed by atoms with Crippen LogP contribution in [0, 0.1) is 10.1 Å². The molecule has 1 aliphatic rings. The first-order valence-electron chi connectivity index (χ1n) is 8.34. The Morgan fingerprint density at radius 3 is 2.44 bits per heavy atom. The molecule has 0 N–H and O–H groups in total. The maximum absolute atomic E-state index is 11.9. The fraction of sp³-hybridized carbons (Fsp3) is 0.353. The van der Waals surface area contributed by atoms with Crippen molar-refractivity contribution in [1.29, 1.82) is 0 Å². The fourth-order valence-corrected chi connectivity index (χ4v) is 2.75. The molecule has 1 saturated heterocycles. The summed E-state index contributed by atoms with van der Waals surface area (Å²) in [7, 11) is 1.59. The topological polar surface area (TPSA) is 117 Å². The van der Waals surface area contributed by atoms with Crippen LogP contribution >= 0.6 is 0 Å². The Hall–Kier alpha value is -3.43. The van der Waals surface area contributed by atoms with Gasteiger partial charge in [-0.05, 0) is 18.2 Å². The molecule has 0 amide bonds. The monoisotopic (exact) mass is 374 g/mol. The van der Waals surface area contributed by atoms with Gasteiger partial charge in [0.2, 0.25) is 0 Å². The summed E-state index contributed by atoms with van der Waals surface area (Å²) in [6, 6.07) is 8.32. The maximum Gasteiger partial charge on any atom is 0.514 e. The molecule has 0 unspecified atom stereocenters. The van der Waals surface area contributed by atoms with E-state index < -0.39 is 11.1 Å². The van der Waals surface area contributed by atoms with E-state index in [-0.39, 0.29) is 23.1 Å². The number of carbonyl (C=O) groups is 1. The molecule has 0 bridgehead atoms. The zero-order valence-electron chi connectivity index (χ0n) is 14.6. The summed E-state index contributed by atoms with van der Waals surface area (Å²) >= 11 is 0. The molecule has 0 radical (unpaired) electrons. The van der Waals surface area contributed by atoms with Crippen molar-refractivity contribution in [2.24, 2.45) is 7.05 Å². The summed E-state index contributed by atoms with van der Waals surface area (Å²) in [6.07, 6.45) is 0.0570. The zero-order valence-corrected chi connectivity index (χ0v) is 14.6. The summed E-state index contributed by atoms with van der Waals surface area (Å²) in [5.74, 6) is 0.876. The zero-order chi connectivity index (χ0) is 19.4. The van der Waals surface area contributed by atoms with Gasteiger partial charge in [0.1, 0.15) is 17.7 Å². The molecule has 10 heteroatoms. The molecular formula is C17H18N4O6. The SMILES string of the molecule is Cn1nc(N2CCC(OC(=O)Oc3ccc([N+](=O)[O-])cc3)CC2)ccc1=O. The van der Waals surface area contributed by atoms with Gasteiger partial charge in [0.15, 0.2) is 0 Å². The number of ether oxygens (including phenoxy) is 2. The first kappa shape index (κ1) is 18.4. The van der Waals surface area contributed by atoms with E-state index in [4.69, 9.17) is 9.47 Å². The molecule has 27 heavy (non-hydrogen) atoms. The van der Waals surface area contributed by atoms with Crippen molar-refractivity contribution >= 4 is 17.7 Å². The molecule has 0 atom stereocenters. The minimum Gasteiger partial charge on any atom is -0.431 e.